The fourth-order valence-corrected chi connectivity index (χ4v) is 2.31. The molecule has 0 aromatic rings. The number of hydrogen-bond donors (Lipinski definition) is 3. The van der Waals surface area contributed by atoms with Gasteiger partial charge in [0.05, 0.1) is 0 Å². The lowest BCUT2D eigenvalue weighted by Gasteiger charge is -2.11. The van der Waals surface area contributed by atoms with Crippen molar-refractivity contribution in [2.24, 2.45) is 5.84 Å². The van der Waals surface area contributed by atoms with Crippen LogP contribution in [-0.4, -0.2) is 23.6 Å². The van der Waals surface area contributed by atoms with Gasteiger partial charge in [-0.05, 0) is 25.5 Å². The van der Waals surface area contributed by atoms with Crippen LogP contribution in [0.4, 0.5) is 4.79 Å². The van der Waals surface area contributed by atoms with Gasteiger partial charge < -0.3 is 5.32 Å². The average molecular weight is 189 g/mol. The van der Waals surface area contributed by atoms with E-state index in [0.29, 0.717) is 11.3 Å². The highest BCUT2D eigenvalue weighted by Crippen LogP contribution is 2.27. The molecule has 1 aliphatic carbocycles. The van der Waals surface area contributed by atoms with Crippen molar-refractivity contribution < 1.29 is 4.79 Å². The van der Waals surface area contributed by atoms with Crippen LogP contribution >= 0.6 is 11.8 Å². The molecule has 1 rings (SSSR count). The number of urea groups is 1. The average Bonchev–Trinajstić information content (AvgIpc) is 2.52. The van der Waals surface area contributed by atoms with Crippen molar-refractivity contribution in [3.63, 3.8) is 0 Å². The number of thioether (sulfide) groups is 1. The quantitative estimate of drug-likeness (QED) is 0.335. The van der Waals surface area contributed by atoms with Crippen LogP contribution in [0.2, 0.25) is 0 Å². The summed E-state index contributed by atoms with van der Waals surface area (Å²) in [7, 11) is 0. The third-order valence-electron chi connectivity index (χ3n) is 2.18. The Morgan fingerprint density at radius 2 is 2.33 bits per heavy atom. The molecule has 0 aromatic heterocycles. The Kier molecular flexibility index (Phi) is 3.68. The molecule has 5 heteroatoms. The van der Waals surface area contributed by atoms with Gasteiger partial charge in [0.15, 0.2) is 0 Å². The highest BCUT2D eigenvalue weighted by Gasteiger charge is 2.24. The molecule has 1 fully saturated rings. The predicted octanol–water partition coefficient (Wildman–Crippen LogP) is 0.443. The van der Waals surface area contributed by atoms with Crippen molar-refractivity contribution in [2.45, 2.75) is 30.6 Å². The summed E-state index contributed by atoms with van der Waals surface area (Å²) in [6, 6.07) is 0.0350. The maximum Gasteiger partial charge on any atom is 0.329 e. The molecule has 0 spiro atoms. The minimum absolute atomic E-state index is 0.276. The van der Waals surface area contributed by atoms with E-state index >= 15 is 0 Å². The molecule has 0 saturated heterocycles. The Labute approximate surface area is 76.6 Å². The van der Waals surface area contributed by atoms with E-state index in [4.69, 9.17) is 5.84 Å². The van der Waals surface area contributed by atoms with Crippen molar-refractivity contribution in [3.8, 4) is 0 Å². The number of amides is 2. The van der Waals surface area contributed by atoms with Crippen molar-refractivity contribution in [1.29, 1.82) is 0 Å². The third-order valence-corrected chi connectivity index (χ3v) is 3.28. The van der Waals surface area contributed by atoms with Gasteiger partial charge in [0.1, 0.15) is 0 Å². The molecule has 70 valence electrons. The molecule has 0 heterocycles. The summed E-state index contributed by atoms with van der Waals surface area (Å²) in [5.74, 6) is 4.95. The van der Waals surface area contributed by atoms with Crippen molar-refractivity contribution in [1.82, 2.24) is 10.7 Å². The molecule has 0 aromatic carbocycles. The molecule has 1 saturated carbocycles. The van der Waals surface area contributed by atoms with Crippen molar-refractivity contribution in [3.05, 3.63) is 0 Å². The first-order chi connectivity index (χ1) is 5.76. The van der Waals surface area contributed by atoms with E-state index in [1.807, 2.05) is 11.8 Å². The van der Waals surface area contributed by atoms with E-state index in [2.05, 4.69) is 17.0 Å². The fraction of sp³-hybridized carbons (Fsp3) is 0.857. The molecule has 0 aliphatic heterocycles. The summed E-state index contributed by atoms with van der Waals surface area (Å²) in [5, 5.41) is 3.51. The van der Waals surface area contributed by atoms with Crippen LogP contribution in [0.25, 0.3) is 0 Å². The summed E-state index contributed by atoms with van der Waals surface area (Å²) in [5.41, 5.74) is 2.07. The molecule has 4 nitrogen and oxygen atoms in total. The summed E-state index contributed by atoms with van der Waals surface area (Å²) < 4.78 is 0. The number of hydrogen-bond acceptors (Lipinski definition) is 3. The normalized spacial score (nSPS) is 28.5. The standard InChI is InChI=1S/C7H15N3OS/c1-12-6-3-2-5(4-6)9-7(11)10-8/h5-6H,2-4,8H2,1H3,(H2,9,10,11). The van der Waals surface area contributed by atoms with Gasteiger partial charge in [0.25, 0.3) is 0 Å². The van der Waals surface area contributed by atoms with Crippen LogP contribution in [-0.2, 0) is 0 Å². The monoisotopic (exact) mass is 189 g/mol. The molecule has 12 heavy (non-hydrogen) atoms. The van der Waals surface area contributed by atoms with E-state index in [-0.39, 0.29) is 6.03 Å². The zero-order valence-corrected chi connectivity index (χ0v) is 7.99. The summed E-state index contributed by atoms with van der Waals surface area (Å²) in [4.78, 5) is 10.8. The summed E-state index contributed by atoms with van der Waals surface area (Å²) >= 11 is 1.87. The van der Waals surface area contributed by atoms with E-state index in [1.165, 1.54) is 6.42 Å². The molecule has 1 aliphatic rings. The maximum absolute atomic E-state index is 10.8. The number of hydrazine groups is 1. The maximum atomic E-state index is 10.8. The summed E-state index contributed by atoms with van der Waals surface area (Å²) in [6.45, 7) is 0. The van der Waals surface area contributed by atoms with Gasteiger partial charge in [-0.1, -0.05) is 0 Å². The molecule has 2 amide bonds. The molecular weight excluding hydrogens is 174 g/mol. The lowest BCUT2D eigenvalue weighted by molar-refractivity contribution is 0.237. The van der Waals surface area contributed by atoms with Crippen LogP contribution in [0.15, 0.2) is 0 Å². The molecule has 2 atom stereocenters. The Morgan fingerprint density at radius 1 is 1.58 bits per heavy atom. The summed E-state index contributed by atoms with van der Waals surface area (Å²) in [6.07, 6.45) is 5.43. The van der Waals surface area contributed by atoms with E-state index in [0.717, 1.165) is 12.8 Å². The van der Waals surface area contributed by atoms with Crippen LogP contribution in [0.1, 0.15) is 19.3 Å². The van der Waals surface area contributed by atoms with Crippen LogP contribution < -0.4 is 16.6 Å². The van der Waals surface area contributed by atoms with Gasteiger partial charge in [-0.2, -0.15) is 11.8 Å². The van der Waals surface area contributed by atoms with Crippen LogP contribution in [0.5, 0.6) is 0 Å². The molecule has 0 bridgehead atoms. The van der Waals surface area contributed by atoms with Crippen molar-refractivity contribution >= 4 is 17.8 Å². The Bertz CT molecular complexity index is 165. The van der Waals surface area contributed by atoms with Crippen LogP contribution in [0.3, 0.4) is 0 Å². The van der Waals surface area contributed by atoms with E-state index in [1.54, 1.807) is 0 Å². The largest absolute Gasteiger partial charge is 0.334 e. The fourth-order valence-electron chi connectivity index (χ4n) is 1.51. The van der Waals surface area contributed by atoms with Gasteiger partial charge >= 0.3 is 6.03 Å². The van der Waals surface area contributed by atoms with Crippen LogP contribution in [0, 0.1) is 0 Å². The van der Waals surface area contributed by atoms with Gasteiger partial charge in [-0.15, -0.1) is 0 Å². The molecule has 4 N–H and O–H groups in total. The Balaban J connectivity index is 2.23. The Morgan fingerprint density at radius 3 is 2.83 bits per heavy atom. The lowest BCUT2D eigenvalue weighted by atomic mass is 10.3. The number of carbonyl (C=O) groups excluding carboxylic acids is 1. The Hall–Kier alpha value is -0.420. The highest BCUT2D eigenvalue weighted by molar-refractivity contribution is 7.99. The highest BCUT2D eigenvalue weighted by atomic mass is 32.2. The topological polar surface area (TPSA) is 67.2 Å². The minimum atomic E-state index is -0.276. The van der Waals surface area contributed by atoms with E-state index in [9.17, 15) is 4.79 Å². The van der Waals surface area contributed by atoms with Crippen molar-refractivity contribution in [2.75, 3.05) is 6.26 Å². The first-order valence-electron chi connectivity index (χ1n) is 4.06. The first-order valence-corrected chi connectivity index (χ1v) is 5.35. The zero-order chi connectivity index (χ0) is 8.97. The number of nitrogens with two attached hydrogens (primary N) is 1. The van der Waals surface area contributed by atoms with Gasteiger partial charge in [0, 0.05) is 11.3 Å². The smallest absolute Gasteiger partial charge is 0.329 e. The van der Waals surface area contributed by atoms with Gasteiger partial charge in [-0.25, -0.2) is 10.6 Å². The minimum Gasteiger partial charge on any atom is -0.334 e. The number of nitrogens with one attached hydrogen (secondary N) is 2. The zero-order valence-electron chi connectivity index (χ0n) is 7.17. The number of rotatable bonds is 2. The second-order valence-electron chi connectivity index (χ2n) is 2.99. The van der Waals surface area contributed by atoms with Gasteiger partial charge in [-0.3, -0.25) is 5.43 Å². The lowest BCUT2D eigenvalue weighted by Crippen LogP contribution is -2.44. The predicted molar refractivity (Wildman–Crippen MR) is 50.8 cm³/mol. The van der Waals surface area contributed by atoms with Gasteiger partial charge in [0.2, 0.25) is 0 Å². The molecular formula is C7H15N3OS. The van der Waals surface area contributed by atoms with E-state index < -0.39 is 0 Å². The second-order valence-corrected chi connectivity index (χ2v) is 4.12. The molecule has 2 unspecified atom stereocenters. The number of carbonyl (C=O) groups is 1. The first kappa shape index (κ1) is 9.67. The second kappa shape index (κ2) is 4.57. The SMILES string of the molecule is CSC1CCC(NC(=O)NN)C1. The molecule has 0 radical (unpaired) electrons. The third kappa shape index (κ3) is 2.57.